The van der Waals surface area contributed by atoms with Crippen molar-refractivity contribution in [2.45, 2.75) is 13.0 Å². The Morgan fingerprint density at radius 1 is 1.24 bits per heavy atom. The summed E-state index contributed by atoms with van der Waals surface area (Å²) >= 11 is 0. The molecule has 21 heavy (non-hydrogen) atoms. The highest BCUT2D eigenvalue weighted by Gasteiger charge is 2.21. The van der Waals surface area contributed by atoms with Gasteiger partial charge in [0, 0.05) is 6.04 Å². The average molecular weight is 290 g/mol. The summed E-state index contributed by atoms with van der Waals surface area (Å²) in [6.45, 7) is 1.84. The van der Waals surface area contributed by atoms with Gasteiger partial charge in [0.1, 0.15) is 11.5 Å². The molecule has 0 radical (unpaired) electrons. The first-order valence-electron chi connectivity index (χ1n) is 6.36. The Kier molecular flexibility index (Phi) is 4.37. The van der Waals surface area contributed by atoms with Gasteiger partial charge < -0.3 is 10.1 Å². The number of para-hydroxylation sites is 1. The molecule has 0 amide bonds. The molecule has 0 aliphatic carbocycles. The van der Waals surface area contributed by atoms with Crippen LogP contribution < -0.4 is 10.1 Å². The number of halogens is 1. The molecule has 0 fully saturated rings. The summed E-state index contributed by atoms with van der Waals surface area (Å²) in [6.07, 6.45) is 0. The van der Waals surface area contributed by atoms with Crippen LogP contribution in [0, 0.1) is 15.9 Å². The smallest absolute Gasteiger partial charge is 0.333 e. The van der Waals surface area contributed by atoms with Crippen LogP contribution in [0.5, 0.6) is 5.75 Å². The van der Waals surface area contributed by atoms with Crippen molar-refractivity contribution in [3.63, 3.8) is 0 Å². The summed E-state index contributed by atoms with van der Waals surface area (Å²) in [6, 6.07) is 10.6. The second kappa shape index (κ2) is 6.21. The molecule has 5 nitrogen and oxygen atoms in total. The van der Waals surface area contributed by atoms with Crippen molar-refractivity contribution in [3.05, 3.63) is 64.0 Å². The van der Waals surface area contributed by atoms with Crippen LogP contribution in [0.2, 0.25) is 0 Å². The molecule has 2 rings (SSSR count). The van der Waals surface area contributed by atoms with Crippen LogP contribution in [0.25, 0.3) is 0 Å². The average Bonchev–Trinajstić information content (AvgIpc) is 2.47. The largest absolute Gasteiger partial charge is 0.490 e. The Hall–Kier alpha value is -2.63. The van der Waals surface area contributed by atoms with E-state index < -0.39 is 4.92 Å². The molecule has 110 valence electrons. The zero-order valence-electron chi connectivity index (χ0n) is 11.7. The second-order valence-electron chi connectivity index (χ2n) is 4.53. The van der Waals surface area contributed by atoms with Crippen LogP contribution >= 0.6 is 0 Å². The highest BCUT2D eigenvalue weighted by Crippen LogP contribution is 2.36. The van der Waals surface area contributed by atoms with Crippen LogP contribution in [0.4, 0.5) is 15.8 Å². The first-order valence-corrected chi connectivity index (χ1v) is 6.36. The van der Waals surface area contributed by atoms with E-state index in [4.69, 9.17) is 4.74 Å². The van der Waals surface area contributed by atoms with Crippen molar-refractivity contribution in [1.29, 1.82) is 0 Å². The molecule has 0 saturated carbocycles. The van der Waals surface area contributed by atoms with Crippen molar-refractivity contribution in [2.75, 3.05) is 12.4 Å². The van der Waals surface area contributed by atoms with E-state index in [9.17, 15) is 14.5 Å². The Morgan fingerprint density at radius 3 is 2.48 bits per heavy atom. The van der Waals surface area contributed by atoms with Gasteiger partial charge in [-0.25, -0.2) is 4.39 Å². The van der Waals surface area contributed by atoms with Gasteiger partial charge in [-0.05, 0) is 36.8 Å². The molecule has 0 aliphatic rings. The highest BCUT2D eigenvalue weighted by atomic mass is 19.1. The minimum absolute atomic E-state index is 0.117. The number of hydrogen-bond acceptors (Lipinski definition) is 4. The number of rotatable bonds is 5. The molecule has 6 heteroatoms. The molecule has 0 heterocycles. The number of anilines is 1. The van der Waals surface area contributed by atoms with E-state index in [0.717, 1.165) is 5.56 Å². The van der Waals surface area contributed by atoms with E-state index in [1.165, 1.54) is 25.3 Å². The van der Waals surface area contributed by atoms with Gasteiger partial charge in [-0.3, -0.25) is 10.1 Å². The monoisotopic (exact) mass is 290 g/mol. The number of nitrogens with one attached hydrogen (secondary N) is 1. The summed E-state index contributed by atoms with van der Waals surface area (Å²) in [5.74, 6) is -0.130. The van der Waals surface area contributed by atoms with E-state index >= 15 is 0 Å². The maximum Gasteiger partial charge on any atom is 0.333 e. The Morgan fingerprint density at radius 2 is 1.90 bits per heavy atom. The summed E-state index contributed by atoms with van der Waals surface area (Å²) in [7, 11) is 1.38. The maximum atomic E-state index is 12.9. The van der Waals surface area contributed by atoms with Crippen molar-refractivity contribution >= 4 is 11.4 Å². The molecule has 1 unspecified atom stereocenters. The Bertz CT molecular complexity index is 644. The molecule has 1 N–H and O–H groups in total. The van der Waals surface area contributed by atoms with Crippen LogP contribution in [-0.2, 0) is 0 Å². The molecule has 0 aliphatic heterocycles. The molecule has 2 aromatic carbocycles. The standard InChI is InChI=1S/C15H15FN2O3/c1-10(11-6-8-12(16)9-7-11)17-13-4-3-5-14(21-2)15(13)18(19)20/h3-10,17H,1-2H3. The predicted octanol–water partition coefficient (Wildman–Crippen LogP) is 3.92. The zero-order valence-corrected chi connectivity index (χ0v) is 11.7. The second-order valence-corrected chi connectivity index (χ2v) is 4.53. The van der Waals surface area contributed by atoms with Crippen LogP contribution in [0.1, 0.15) is 18.5 Å². The summed E-state index contributed by atoms with van der Waals surface area (Å²) in [5.41, 5.74) is 1.07. The topological polar surface area (TPSA) is 64.4 Å². The molecule has 0 spiro atoms. The Balaban J connectivity index is 2.30. The highest BCUT2D eigenvalue weighted by molar-refractivity contribution is 5.69. The van der Waals surface area contributed by atoms with E-state index in [-0.39, 0.29) is 23.3 Å². The minimum atomic E-state index is -0.488. The van der Waals surface area contributed by atoms with Crippen molar-refractivity contribution in [3.8, 4) is 5.75 Å². The third-order valence-corrected chi connectivity index (χ3v) is 3.14. The number of benzene rings is 2. The summed E-state index contributed by atoms with van der Waals surface area (Å²) in [5, 5.41) is 14.3. The SMILES string of the molecule is COc1cccc(NC(C)c2ccc(F)cc2)c1[N+](=O)[O-]. The predicted molar refractivity (Wildman–Crippen MR) is 78.1 cm³/mol. The molecule has 1 atom stereocenters. The Labute approximate surface area is 121 Å². The normalized spacial score (nSPS) is 11.8. The van der Waals surface area contributed by atoms with Gasteiger partial charge in [-0.15, -0.1) is 0 Å². The fourth-order valence-corrected chi connectivity index (χ4v) is 2.06. The number of methoxy groups -OCH3 is 1. The molecule has 0 aromatic heterocycles. The summed E-state index contributed by atoms with van der Waals surface area (Å²) < 4.78 is 17.9. The van der Waals surface area contributed by atoms with Gasteiger partial charge in [0.05, 0.1) is 12.0 Å². The third-order valence-electron chi connectivity index (χ3n) is 3.14. The van der Waals surface area contributed by atoms with E-state index in [1.54, 1.807) is 24.3 Å². The van der Waals surface area contributed by atoms with Gasteiger partial charge in [0.15, 0.2) is 5.75 Å². The molecule has 2 aromatic rings. The van der Waals surface area contributed by atoms with Gasteiger partial charge >= 0.3 is 5.69 Å². The molecular formula is C15H15FN2O3. The van der Waals surface area contributed by atoms with E-state index in [2.05, 4.69) is 5.32 Å². The van der Waals surface area contributed by atoms with Gasteiger partial charge in [0.2, 0.25) is 0 Å². The molecular weight excluding hydrogens is 275 g/mol. The fraction of sp³-hybridized carbons (Fsp3) is 0.200. The van der Waals surface area contributed by atoms with Crippen molar-refractivity contribution < 1.29 is 14.1 Å². The van der Waals surface area contributed by atoms with Crippen molar-refractivity contribution in [1.82, 2.24) is 0 Å². The number of ether oxygens (including phenoxy) is 1. The van der Waals surface area contributed by atoms with Crippen LogP contribution in [0.3, 0.4) is 0 Å². The zero-order chi connectivity index (χ0) is 15.4. The first kappa shape index (κ1) is 14.8. The lowest BCUT2D eigenvalue weighted by Gasteiger charge is -2.16. The summed E-state index contributed by atoms with van der Waals surface area (Å²) in [4.78, 5) is 10.7. The van der Waals surface area contributed by atoms with Crippen LogP contribution in [0.15, 0.2) is 42.5 Å². The van der Waals surface area contributed by atoms with Gasteiger partial charge in [-0.2, -0.15) is 0 Å². The maximum absolute atomic E-state index is 12.9. The third kappa shape index (κ3) is 3.28. The number of nitrogens with zero attached hydrogens (tertiary/aromatic N) is 1. The lowest BCUT2D eigenvalue weighted by Crippen LogP contribution is -2.09. The van der Waals surface area contributed by atoms with Crippen LogP contribution in [-0.4, -0.2) is 12.0 Å². The number of nitro benzene ring substituents is 1. The van der Waals surface area contributed by atoms with E-state index in [0.29, 0.717) is 5.69 Å². The van der Waals surface area contributed by atoms with Gasteiger partial charge in [0.25, 0.3) is 0 Å². The van der Waals surface area contributed by atoms with Crippen molar-refractivity contribution in [2.24, 2.45) is 0 Å². The lowest BCUT2D eigenvalue weighted by atomic mass is 10.1. The molecule has 0 saturated heterocycles. The quantitative estimate of drug-likeness (QED) is 0.669. The minimum Gasteiger partial charge on any atom is -0.490 e. The molecule has 0 bridgehead atoms. The first-order chi connectivity index (χ1) is 10.0. The fourth-order valence-electron chi connectivity index (χ4n) is 2.06. The van der Waals surface area contributed by atoms with Gasteiger partial charge in [-0.1, -0.05) is 18.2 Å². The lowest BCUT2D eigenvalue weighted by molar-refractivity contribution is -0.384. The number of hydrogen-bond donors (Lipinski definition) is 1. The number of nitro groups is 1. The van der Waals surface area contributed by atoms with E-state index in [1.807, 2.05) is 6.92 Å².